The summed E-state index contributed by atoms with van der Waals surface area (Å²) in [6, 6.07) is 15.3. The quantitative estimate of drug-likeness (QED) is 0.691. The number of rotatable bonds is 3. The van der Waals surface area contributed by atoms with Crippen LogP contribution in [0.1, 0.15) is 18.3 Å². The van der Waals surface area contributed by atoms with Crippen LogP contribution in [0.3, 0.4) is 0 Å². The fourth-order valence-corrected chi connectivity index (χ4v) is 2.63. The normalized spacial score (nSPS) is 11.0. The van der Waals surface area contributed by atoms with Crippen LogP contribution in [0.4, 0.5) is 0 Å². The van der Waals surface area contributed by atoms with Crippen molar-refractivity contribution in [2.45, 2.75) is 19.2 Å². The van der Waals surface area contributed by atoms with E-state index < -0.39 is 0 Å². The van der Waals surface area contributed by atoms with Crippen LogP contribution >= 0.6 is 11.6 Å². The Kier molecular flexibility index (Phi) is 3.76. The minimum absolute atomic E-state index is 0.0792. The molecule has 0 saturated heterocycles. The van der Waals surface area contributed by atoms with Gasteiger partial charge in [-0.25, -0.2) is 4.98 Å². The van der Waals surface area contributed by atoms with E-state index in [-0.39, 0.29) is 11.4 Å². The van der Waals surface area contributed by atoms with Crippen LogP contribution in [0.5, 0.6) is 0 Å². The van der Waals surface area contributed by atoms with Gasteiger partial charge in [-0.1, -0.05) is 31.2 Å². The minimum atomic E-state index is -0.0792. The van der Waals surface area contributed by atoms with E-state index in [2.05, 4.69) is 11.9 Å². The van der Waals surface area contributed by atoms with Crippen LogP contribution in [0, 0.1) is 0 Å². The summed E-state index contributed by atoms with van der Waals surface area (Å²) in [5.74, 6) is 0.754. The van der Waals surface area contributed by atoms with Crippen LogP contribution in [-0.4, -0.2) is 9.55 Å². The van der Waals surface area contributed by atoms with Crippen molar-refractivity contribution in [3.8, 4) is 5.69 Å². The largest absolute Gasteiger partial charge is 0.268 e. The van der Waals surface area contributed by atoms with E-state index in [9.17, 15) is 4.79 Å². The van der Waals surface area contributed by atoms with Crippen LogP contribution in [0.15, 0.2) is 53.3 Å². The lowest BCUT2D eigenvalue weighted by molar-refractivity contribution is 0.878. The maximum atomic E-state index is 12.8. The van der Waals surface area contributed by atoms with E-state index in [1.54, 1.807) is 10.6 Å². The molecular formula is C17H15ClN2O. The van der Waals surface area contributed by atoms with Crippen LogP contribution in [0.2, 0.25) is 0 Å². The number of fused-ring (bicyclic) bond motifs is 1. The molecule has 0 aliphatic heterocycles. The summed E-state index contributed by atoms with van der Waals surface area (Å²) in [6.07, 6.45) is 0.916. The van der Waals surface area contributed by atoms with Gasteiger partial charge < -0.3 is 0 Å². The van der Waals surface area contributed by atoms with Crippen molar-refractivity contribution in [2.75, 3.05) is 0 Å². The van der Waals surface area contributed by atoms with E-state index >= 15 is 0 Å². The molecule has 0 fully saturated rings. The number of para-hydroxylation sites is 1. The molecule has 1 aromatic heterocycles. The van der Waals surface area contributed by atoms with Gasteiger partial charge in [0, 0.05) is 0 Å². The summed E-state index contributed by atoms with van der Waals surface area (Å²) < 4.78 is 1.61. The van der Waals surface area contributed by atoms with Gasteiger partial charge in [-0.05, 0) is 36.2 Å². The first kappa shape index (κ1) is 13.8. The van der Waals surface area contributed by atoms with Gasteiger partial charge in [0.1, 0.15) is 5.82 Å². The highest BCUT2D eigenvalue weighted by Gasteiger charge is 2.11. The van der Waals surface area contributed by atoms with Gasteiger partial charge in [-0.15, -0.1) is 11.6 Å². The summed E-state index contributed by atoms with van der Waals surface area (Å²) in [5, 5.41) is 0.605. The minimum Gasteiger partial charge on any atom is -0.268 e. The molecule has 2 aromatic carbocycles. The van der Waals surface area contributed by atoms with Crippen molar-refractivity contribution in [1.82, 2.24) is 9.55 Å². The van der Waals surface area contributed by atoms with E-state index in [0.717, 1.165) is 12.1 Å². The highest BCUT2D eigenvalue weighted by Crippen LogP contribution is 2.15. The van der Waals surface area contributed by atoms with E-state index in [1.165, 1.54) is 5.56 Å². The first-order valence-corrected chi connectivity index (χ1v) is 7.44. The zero-order valence-electron chi connectivity index (χ0n) is 11.7. The molecule has 1 heterocycles. The molecule has 3 nitrogen and oxygen atoms in total. The average molecular weight is 299 g/mol. The first-order valence-electron chi connectivity index (χ1n) is 6.90. The molecular weight excluding hydrogens is 284 g/mol. The fourth-order valence-electron chi connectivity index (χ4n) is 2.45. The third-order valence-corrected chi connectivity index (χ3v) is 3.78. The SMILES string of the molecule is CCc1cccc(-n2c(CCl)nc3ccccc3c2=O)c1. The molecule has 4 heteroatoms. The fraction of sp³-hybridized carbons (Fsp3) is 0.176. The highest BCUT2D eigenvalue weighted by molar-refractivity contribution is 6.16. The molecule has 0 aliphatic carbocycles. The molecule has 106 valence electrons. The van der Waals surface area contributed by atoms with Gasteiger partial charge >= 0.3 is 0 Å². The first-order chi connectivity index (χ1) is 10.2. The number of aryl methyl sites for hydroxylation is 1. The van der Waals surface area contributed by atoms with E-state index in [1.807, 2.05) is 42.5 Å². The Morgan fingerprint density at radius 2 is 1.95 bits per heavy atom. The van der Waals surface area contributed by atoms with Crippen molar-refractivity contribution in [1.29, 1.82) is 0 Å². The summed E-state index contributed by atoms with van der Waals surface area (Å²) in [4.78, 5) is 17.3. The standard InChI is InChI=1S/C17H15ClN2O/c1-2-12-6-5-7-13(10-12)20-16(11-18)19-15-9-4-3-8-14(15)17(20)21/h3-10H,2,11H2,1H3. The number of nitrogens with zero attached hydrogens (tertiary/aromatic N) is 2. The monoisotopic (exact) mass is 298 g/mol. The molecule has 0 bridgehead atoms. The third kappa shape index (κ3) is 2.45. The van der Waals surface area contributed by atoms with Gasteiger partial charge in [0.15, 0.2) is 0 Å². The van der Waals surface area contributed by atoms with Crippen molar-refractivity contribution in [2.24, 2.45) is 0 Å². The predicted octanol–water partition coefficient (Wildman–Crippen LogP) is 3.69. The van der Waals surface area contributed by atoms with Gasteiger partial charge in [0.25, 0.3) is 5.56 Å². The second-order valence-electron chi connectivity index (χ2n) is 4.84. The summed E-state index contributed by atoms with van der Waals surface area (Å²) in [7, 11) is 0. The molecule has 0 radical (unpaired) electrons. The molecule has 3 aromatic rings. The lowest BCUT2D eigenvalue weighted by Gasteiger charge is -2.12. The number of hydrogen-bond donors (Lipinski definition) is 0. The molecule has 3 rings (SSSR count). The van der Waals surface area contributed by atoms with Crippen LogP contribution < -0.4 is 5.56 Å². The van der Waals surface area contributed by atoms with Gasteiger partial charge in [0.2, 0.25) is 0 Å². The predicted molar refractivity (Wildman–Crippen MR) is 86.3 cm³/mol. The highest BCUT2D eigenvalue weighted by atomic mass is 35.5. The topological polar surface area (TPSA) is 34.9 Å². The van der Waals surface area contributed by atoms with Gasteiger partial charge in [-0.2, -0.15) is 0 Å². The number of halogens is 1. The molecule has 0 atom stereocenters. The smallest absolute Gasteiger partial charge is 0.266 e. The molecule has 0 N–H and O–H groups in total. The van der Waals surface area contributed by atoms with Crippen LogP contribution in [-0.2, 0) is 12.3 Å². The summed E-state index contributed by atoms with van der Waals surface area (Å²) in [6.45, 7) is 2.09. The number of hydrogen-bond acceptors (Lipinski definition) is 2. The van der Waals surface area contributed by atoms with Crippen molar-refractivity contribution in [3.63, 3.8) is 0 Å². The Labute approximate surface area is 127 Å². The average Bonchev–Trinajstić information content (AvgIpc) is 2.54. The van der Waals surface area contributed by atoms with Gasteiger partial charge in [0.05, 0.1) is 22.5 Å². The summed E-state index contributed by atoms with van der Waals surface area (Å²) >= 11 is 6.01. The van der Waals surface area contributed by atoms with Crippen LogP contribution in [0.25, 0.3) is 16.6 Å². The van der Waals surface area contributed by atoms with Gasteiger partial charge in [-0.3, -0.25) is 9.36 Å². The summed E-state index contributed by atoms with van der Waals surface area (Å²) in [5.41, 5.74) is 2.59. The Bertz CT molecular complexity index is 855. The molecule has 0 spiro atoms. The maximum Gasteiger partial charge on any atom is 0.266 e. The van der Waals surface area contributed by atoms with Crippen molar-refractivity contribution in [3.05, 3.63) is 70.3 Å². The number of aromatic nitrogens is 2. The second-order valence-corrected chi connectivity index (χ2v) is 5.11. The Morgan fingerprint density at radius 3 is 2.71 bits per heavy atom. The molecule has 0 unspecified atom stereocenters. The molecule has 21 heavy (non-hydrogen) atoms. The zero-order valence-corrected chi connectivity index (χ0v) is 12.5. The maximum absolute atomic E-state index is 12.8. The lowest BCUT2D eigenvalue weighted by atomic mass is 10.1. The Hall–Kier alpha value is -2.13. The van der Waals surface area contributed by atoms with Crippen molar-refractivity contribution < 1.29 is 0 Å². The second kappa shape index (κ2) is 5.70. The number of alkyl halides is 1. The molecule has 0 amide bonds. The van der Waals surface area contributed by atoms with E-state index in [0.29, 0.717) is 16.7 Å². The molecule has 0 aliphatic rings. The Morgan fingerprint density at radius 1 is 1.14 bits per heavy atom. The van der Waals surface area contributed by atoms with Crippen molar-refractivity contribution >= 4 is 22.5 Å². The Balaban J connectivity index is 2.35. The number of benzene rings is 2. The third-order valence-electron chi connectivity index (χ3n) is 3.54. The zero-order chi connectivity index (χ0) is 14.8. The van der Waals surface area contributed by atoms with E-state index in [4.69, 9.17) is 11.6 Å². The molecule has 0 saturated carbocycles. The lowest BCUT2D eigenvalue weighted by Crippen LogP contribution is -2.23.